The number of aromatic nitrogens is 4. The molecule has 94 valence electrons. The van der Waals surface area contributed by atoms with Gasteiger partial charge in [0.25, 0.3) is 0 Å². The summed E-state index contributed by atoms with van der Waals surface area (Å²) in [5.41, 5.74) is 0.373. The van der Waals surface area contributed by atoms with Crippen molar-refractivity contribution in [1.82, 2.24) is 19.2 Å². The van der Waals surface area contributed by atoms with Gasteiger partial charge in [-0.15, -0.1) is 5.10 Å². The Labute approximate surface area is 103 Å². The van der Waals surface area contributed by atoms with Crippen LogP contribution in [0.15, 0.2) is 23.4 Å². The molecule has 0 bridgehead atoms. The predicted molar refractivity (Wildman–Crippen MR) is 64.2 cm³/mol. The van der Waals surface area contributed by atoms with Crippen molar-refractivity contribution in [3.63, 3.8) is 0 Å². The standard InChI is InChI=1S/C12H14N4O2/c17-10-3-1-2-9(10)4-6-16-12(18)15-7-5-13-8-11(15)14-16/h5,7-9H,1-4,6H2. The number of nitrogens with zero attached hydrogens (tertiary/aromatic N) is 4. The van der Waals surface area contributed by atoms with Gasteiger partial charge in [0.15, 0.2) is 5.65 Å². The van der Waals surface area contributed by atoms with Crippen molar-refractivity contribution in [3.8, 4) is 0 Å². The van der Waals surface area contributed by atoms with E-state index in [-0.39, 0.29) is 11.6 Å². The van der Waals surface area contributed by atoms with Crippen LogP contribution in [0.5, 0.6) is 0 Å². The monoisotopic (exact) mass is 246 g/mol. The molecule has 0 saturated heterocycles. The van der Waals surface area contributed by atoms with Gasteiger partial charge in [-0.3, -0.25) is 9.78 Å². The summed E-state index contributed by atoms with van der Waals surface area (Å²) in [6.07, 6.45) is 8.03. The maximum Gasteiger partial charge on any atom is 0.350 e. The minimum Gasteiger partial charge on any atom is -0.299 e. The molecule has 6 heteroatoms. The molecule has 1 unspecified atom stereocenters. The third-order valence-electron chi connectivity index (χ3n) is 3.51. The second-order valence-corrected chi connectivity index (χ2v) is 4.65. The van der Waals surface area contributed by atoms with E-state index in [2.05, 4.69) is 10.1 Å². The Kier molecular flexibility index (Phi) is 2.70. The number of fused-ring (bicyclic) bond motifs is 1. The normalized spacial score (nSPS) is 19.8. The number of Topliss-reactive ketones (excluding diaryl/α,β-unsaturated/α-hetero) is 1. The third kappa shape index (κ3) is 1.83. The van der Waals surface area contributed by atoms with E-state index in [1.165, 1.54) is 9.08 Å². The molecule has 2 aromatic rings. The van der Waals surface area contributed by atoms with Gasteiger partial charge in [-0.25, -0.2) is 13.9 Å². The minimum absolute atomic E-state index is 0.111. The Morgan fingerprint density at radius 1 is 1.39 bits per heavy atom. The molecule has 0 aromatic carbocycles. The van der Waals surface area contributed by atoms with Crippen molar-refractivity contribution in [2.45, 2.75) is 32.2 Å². The zero-order valence-corrected chi connectivity index (χ0v) is 9.95. The fourth-order valence-electron chi connectivity index (χ4n) is 2.50. The van der Waals surface area contributed by atoms with Gasteiger partial charge < -0.3 is 0 Å². The molecule has 0 N–H and O–H groups in total. The molecule has 3 rings (SSSR count). The zero-order chi connectivity index (χ0) is 12.5. The Hall–Kier alpha value is -1.98. The largest absolute Gasteiger partial charge is 0.350 e. The topological polar surface area (TPSA) is 69.3 Å². The summed E-state index contributed by atoms with van der Waals surface area (Å²) < 4.78 is 2.88. The average Bonchev–Trinajstić information content (AvgIpc) is 2.92. The van der Waals surface area contributed by atoms with E-state index in [9.17, 15) is 9.59 Å². The van der Waals surface area contributed by atoms with Gasteiger partial charge >= 0.3 is 5.69 Å². The first kappa shape index (κ1) is 11.1. The fourth-order valence-corrected chi connectivity index (χ4v) is 2.50. The van der Waals surface area contributed by atoms with E-state index in [1.807, 2.05) is 0 Å². The lowest BCUT2D eigenvalue weighted by Gasteiger charge is -2.05. The van der Waals surface area contributed by atoms with Gasteiger partial charge in [0.05, 0.1) is 6.20 Å². The van der Waals surface area contributed by atoms with Crippen LogP contribution >= 0.6 is 0 Å². The van der Waals surface area contributed by atoms with E-state index in [0.717, 1.165) is 12.8 Å². The number of hydrogen-bond donors (Lipinski definition) is 0. The first-order valence-electron chi connectivity index (χ1n) is 6.17. The number of rotatable bonds is 3. The molecule has 18 heavy (non-hydrogen) atoms. The number of hydrogen-bond acceptors (Lipinski definition) is 4. The van der Waals surface area contributed by atoms with Gasteiger partial charge in [0.1, 0.15) is 5.78 Å². The highest BCUT2D eigenvalue weighted by molar-refractivity contribution is 5.82. The van der Waals surface area contributed by atoms with Crippen molar-refractivity contribution in [1.29, 1.82) is 0 Å². The van der Waals surface area contributed by atoms with Crippen LogP contribution in [0.2, 0.25) is 0 Å². The Morgan fingerprint density at radius 2 is 2.28 bits per heavy atom. The highest BCUT2D eigenvalue weighted by Crippen LogP contribution is 2.24. The van der Waals surface area contributed by atoms with Crippen molar-refractivity contribution in [3.05, 3.63) is 29.1 Å². The predicted octanol–water partition coefficient (Wildman–Crippen LogP) is 0.650. The summed E-state index contributed by atoms with van der Waals surface area (Å²) in [5, 5.41) is 4.19. The smallest absolute Gasteiger partial charge is 0.299 e. The molecule has 0 radical (unpaired) electrons. The van der Waals surface area contributed by atoms with Gasteiger partial charge in [-0.2, -0.15) is 0 Å². The average molecular weight is 246 g/mol. The molecule has 2 aromatic heterocycles. The van der Waals surface area contributed by atoms with Crippen LogP contribution in [0.3, 0.4) is 0 Å². The molecule has 1 aliphatic carbocycles. The molecule has 1 atom stereocenters. The van der Waals surface area contributed by atoms with Crippen LogP contribution in [0.1, 0.15) is 25.7 Å². The number of carbonyl (C=O) groups is 1. The molecule has 1 aliphatic rings. The molecular weight excluding hydrogens is 232 g/mol. The van der Waals surface area contributed by atoms with Crippen molar-refractivity contribution in [2.24, 2.45) is 5.92 Å². The maximum atomic E-state index is 12.0. The number of carbonyl (C=O) groups excluding carboxylic acids is 1. The quantitative estimate of drug-likeness (QED) is 0.797. The van der Waals surface area contributed by atoms with E-state index < -0.39 is 0 Å². The van der Waals surface area contributed by atoms with Crippen LogP contribution in [0.4, 0.5) is 0 Å². The second-order valence-electron chi connectivity index (χ2n) is 4.65. The number of aryl methyl sites for hydroxylation is 1. The summed E-state index contributed by atoms with van der Waals surface area (Å²) in [7, 11) is 0. The second kappa shape index (κ2) is 4.36. The summed E-state index contributed by atoms with van der Waals surface area (Å²) in [5.74, 6) is 0.438. The van der Waals surface area contributed by atoms with E-state index in [1.54, 1.807) is 18.6 Å². The van der Waals surface area contributed by atoms with Gasteiger partial charge in [0.2, 0.25) is 0 Å². The summed E-state index contributed by atoms with van der Waals surface area (Å²) >= 11 is 0. The van der Waals surface area contributed by atoms with Gasteiger partial charge in [0, 0.05) is 31.3 Å². The maximum absolute atomic E-state index is 12.0. The SMILES string of the molecule is O=C1CCCC1CCn1nc2cnccn2c1=O. The first-order chi connectivity index (χ1) is 8.75. The summed E-state index contributed by atoms with van der Waals surface area (Å²) in [6, 6.07) is 0. The van der Waals surface area contributed by atoms with Crippen molar-refractivity contribution in [2.75, 3.05) is 0 Å². The molecular formula is C12H14N4O2. The van der Waals surface area contributed by atoms with Crippen molar-refractivity contribution >= 4 is 11.4 Å². The highest BCUT2D eigenvalue weighted by Gasteiger charge is 2.24. The van der Waals surface area contributed by atoms with Crippen LogP contribution < -0.4 is 5.69 Å². The third-order valence-corrected chi connectivity index (χ3v) is 3.51. The Morgan fingerprint density at radius 3 is 3.00 bits per heavy atom. The fraction of sp³-hybridized carbons (Fsp3) is 0.500. The molecule has 0 spiro atoms. The van der Waals surface area contributed by atoms with Crippen molar-refractivity contribution < 1.29 is 4.79 Å². The lowest BCUT2D eigenvalue weighted by Crippen LogP contribution is -2.23. The molecule has 1 fully saturated rings. The van der Waals surface area contributed by atoms with Crippen LogP contribution in [0, 0.1) is 5.92 Å². The molecule has 1 saturated carbocycles. The van der Waals surface area contributed by atoms with Crippen LogP contribution in [-0.2, 0) is 11.3 Å². The first-order valence-corrected chi connectivity index (χ1v) is 6.17. The molecule has 0 aliphatic heterocycles. The minimum atomic E-state index is -0.169. The Bertz CT molecular complexity index is 643. The summed E-state index contributed by atoms with van der Waals surface area (Å²) in [6.45, 7) is 0.497. The van der Waals surface area contributed by atoms with E-state index in [0.29, 0.717) is 30.8 Å². The van der Waals surface area contributed by atoms with Crippen LogP contribution in [-0.4, -0.2) is 24.9 Å². The highest BCUT2D eigenvalue weighted by atomic mass is 16.2. The summed E-state index contributed by atoms with van der Waals surface area (Å²) in [4.78, 5) is 27.4. The van der Waals surface area contributed by atoms with Gasteiger partial charge in [-0.05, 0) is 19.3 Å². The number of ketones is 1. The molecule has 0 amide bonds. The van der Waals surface area contributed by atoms with E-state index in [4.69, 9.17) is 0 Å². The lowest BCUT2D eigenvalue weighted by atomic mass is 10.0. The lowest BCUT2D eigenvalue weighted by molar-refractivity contribution is -0.120. The molecule has 2 heterocycles. The van der Waals surface area contributed by atoms with E-state index >= 15 is 0 Å². The van der Waals surface area contributed by atoms with Gasteiger partial charge in [-0.1, -0.05) is 0 Å². The Balaban J connectivity index is 1.80. The molecule has 6 nitrogen and oxygen atoms in total. The van der Waals surface area contributed by atoms with Crippen LogP contribution in [0.25, 0.3) is 5.65 Å². The zero-order valence-electron chi connectivity index (χ0n) is 9.95.